The third-order valence-corrected chi connectivity index (χ3v) is 7.08. The lowest BCUT2D eigenvalue weighted by Crippen LogP contribution is -2.24. The van der Waals surface area contributed by atoms with Crippen LogP contribution in [0.4, 0.5) is 8.78 Å². The van der Waals surface area contributed by atoms with E-state index < -0.39 is 22.8 Å². The summed E-state index contributed by atoms with van der Waals surface area (Å²) in [5.41, 5.74) is 2.16. The second-order valence-corrected chi connectivity index (χ2v) is 10.2. The molecule has 0 unspecified atom stereocenters. The summed E-state index contributed by atoms with van der Waals surface area (Å²) < 4.78 is 47.1. The number of carbonyl (C=O) groups excluding carboxylic acids is 1. The summed E-state index contributed by atoms with van der Waals surface area (Å²) in [5, 5.41) is 0. The van der Waals surface area contributed by atoms with E-state index in [0.29, 0.717) is 39.2 Å². The Bertz CT molecular complexity index is 1900. The number of benzene rings is 2. The summed E-state index contributed by atoms with van der Waals surface area (Å²) in [6.45, 7) is 5.65. The predicted molar refractivity (Wildman–Crippen MR) is 158 cm³/mol. The molecule has 0 aliphatic carbocycles. The maximum atomic E-state index is 15.3. The molecule has 10 heteroatoms. The fraction of sp³-hybridized carbons (Fsp3) is 0.212. The van der Waals surface area contributed by atoms with Crippen molar-refractivity contribution in [3.8, 4) is 34.3 Å². The summed E-state index contributed by atoms with van der Waals surface area (Å²) in [6, 6.07) is 12.9. The van der Waals surface area contributed by atoms with Crippen LogP contribution in [0.2, 0.25) is 0 Å². The Morgan fingerprint density at radius 3 is 2.35 bits per heavy atom. The molecule has 0 fully saturated rings. The van der Waals surface area contributed by atoms with Crippen LogP contribution in [0.25, 0.3) is 22.2 Å². The lowest BCUT2D eigenvalue weighted by atomic mass is 9.97. The lowest BCUT2D eigenvalue weighted by Gasteiger charge is -2.20. The van der Waals surface area contributed by atoms with E-state index in [1.54, 1.807) is 25.1 Å². The minimum absolute atomic E-state index is 0.0296. The van der Waals surface area contributed by atoms with E-state index in [9.17, 15) is 14.0 Å². The summed E-state index contributed by atoms with van der Waals surface area (Å²) in [4.78, 5) is 35.7. The van der Waals surface area contributed by atoms with E-state index in [0.717, 1.165) is 0 Å². The first-order valence-corrected chi connectivity index (χ1v) is 13.5. The molecule has 43 heavy (non-hydrogen) atoms. The van der Waals surface area contributed by atoms with Crippen LogP contribution in [-0.2, 0) is 6.42 Å². The van der Waals surface area contributed by atoms with Crippen molar-refractivity contribution in [3.63, 3.8) is 0 Å². The van der Waals surface area contributed by atoms with Gasteiger partial charge in [0.05, 0.1) is 25.3 Å². The Labute approximate surface area is 246 Å². The number of fused-ring (bicyclic) bond motifs is 1. The first-order chi connectivity index (χ1) is 20.6. The first kappa shape index (κ1) is 29.4. The molecular formula is C33H29F2N3O5. The largest absolute Gasteiger partial charge is 0.491 e. The molecule has 0 N–H and O–H groups in total. The maximum absolute atomic E-state index is 15.3. The Morgan fingerprint density at radius 2 is 1.70 bits per heavy atom. The van der Waals surface area contributed by atoms with Crippen LogP contribution >= 0.6 is 0 Å². The molecule has 220 valence electrons. The van der Waals surface area contributed by atoms with Gasteiger partial charge in [-0.1, -0.05) is 18.2 Å². The number of hydrogen-bond donors (Lipinski definition) is 0. The van der Waals surface area contributed by atoms with Crippen LogP contribution < -0.4 is 19.6 Å². The number of pyridine rings is 3. The molecule has 0 saturated carbocycles. The maximum Gasteiger partial charge on any atom is 0.257 e. The summed E-state index contributed by atoms with van der Waals surface area (Å²) in [5.74, 6) is -0.837. The van der Waals surface area contributed by atoms with Crippen molar-refractivity contribution in [2.24, 2.45) is 0 Å². The zero-order valence-corrected chi connectivity index (χ0v) is 24.3. The Hall–Kier alpha value is -5.12. The van der Waals surface area contributed by atoms with Crippen LogP contribution in [0.15, 0.2) is 71.8 Å². The van der Waals surface area contributed by atoms with Gasteiger partial charge in [0.1, 0.15) is 11.3 Å². The van der Waals surface area contributed by atoms with Gasteiger partial charge in [-0.2, -0.15) is 0 Å². The molecule has 0 saturated heterocycles. The van der Waals surface area contributed by atoms with Gasteiger partial charge < -0.3 is 18.8 Å². The number of carbonyl (C=O) groups is 1. The first-order valence-electron chi connectivity index (χ1n) is 13.5. The number of hydrogen-bond acceptors (Lipinski definition) is 7. The fourth-order valence-corrected chi connectivity index (χ4v) is 4.94. The fourth-order valence-electron chi connectivity index (χ4n) is 4.94. The second-order valence-electron chi connectivity index (χ2n) is 10.2. The molecule has 0 radical (unpaired) electrons. The van der Waals surface area contributed by atoms with Gasteiger partial charge in [-0.3, -0.25) is 14.6 Å². The molecule has 0 aliphatic heterocycles. The van der Waals surface area contributed by atoms with Gasteiger partial charge in [0.15, 0.2) is 34.3 Å². The van der Waals surface area contributed by atoms with E-state index >= 15 is 4.39 Å². The quantitative estimate of drug-likeness (QED) is 0.175. The molecule has 0 aliphatic rings. The number of ether oxygens (including phenoxy) is 3. The average molecular weight is 586 g/mol. The Balaban J connectivity index is 1.45. The van der Waals surface area contributed by atoms with Crippen molar-refractivity contribution in [1.82, 2.24) is 14.5 Å². The molecule has 0 amide bonds. The van der Waals surface area contributed by atoms with Crippen LogP contribution in [0.5, 0.6) is 23.1 Å². The molecule has 0 atom stereocenters. The molecule has 5 aromatic rings. The number of Topliss-reactive ketones (excluding diaryl/α,β-unsaturated/α-hetero) is 1. The SMILES string of the molecule is COc1cc2nccc(Oc3ccc(CC(=O)c4cn(C(C)C)c(C)c(-c5ccc(F)cc5)c4=O)cc3F)c2nc1OC. The number of rotatable bonds is 9. The van der Waals surface area contributed by atoms with E-state index in [2.05, 4.69) is 9.97 Å². The predicted octanol–water partition coefficient (Wildman–Crippen LogP) is 6.86. The highest BCUT2D eigenvalue weighted by atomic mass is 19.1. The van der Waals surface area contributed by atoms with Gasteiger partial charge in [0.25, 0.3) is 5.88 Å². The van der Waals surface area contributed by atoms with Crippen molar-refractivity contribution in [2.45, 2.75) is 33.2 Å². The van der Waals surface area contributed by atoms with Crippen LogP contribution in [0, 0.1) is 18.6 Å². The van der Waals surface area contributed by atoms with Gasteiger partial charge >= 0.3 is 0 Å². The smallest absolute Gasteiger partial charge is 0.257 e. The van der Waals surface area contributed by atoms with Crippen molar-refractivity contribution in [3.05, 3.63) is 106 Å². The number of nitrogens with zero attached hydrogens (tertiary/aromatic N) is 3. The number of ketones is 1. The number of methoxy groups -OCH3 is 2. The van der Waals surface area contributed by atoms with Crippen molar-refractivity contribution in [2.75, 3.05) is 14.2 Å². The number of aromatic nitrogens is 3. The third-order valence-electron chi connectivity index (χ3n) is 7.08. The Morgan fingerprint density at radius 1 is 0.953 bits per heavy atom. The van der Waals surface area contributed by atoms with Crippen LogP contribution in [0.3, 0.4) is 0 Å². The van der Waals surface area contributed by atoms with E-state index in [1.807, 2.05) is 18.4 Å². The van der Waals surface area contributed by atoms with Crippen LogP contribution in [0.1, 0.15) is 41.5 Å². The zero-order valence-electron chi connectivity index (χ0n) is 24.3. The Kier molecular flexibility index (Phi) is 8.20. The van der Waals surface area contributed by atoms with Gasteiger partial charge in [-0.25, -0.2) is 13.8 Å². The van der Waals surface area contributed by atoms with E-state index in [4.69, 9.17) is 14.2 Å². The minimum Gasteiger partial charge on any atom is -0.491 e. The highest BCUT2D eigenvalue weighted by molar-refractivity contribution is 5.98. The van der Waals surface area contributed by atoms with Crippen molar-refractivity contribution < 1.29 is 27.8 Å². The number of halogens is 2. The highest BCUT2D eigenvalue weighted by Gasteiger charge is 2.21. The standard InChI is InChI=1S/C33H29F2N3O5/c1-18(2)38-17-23(32(40)30(19(38)3)21-7-9-22(34)10-8-21)26(39)15-20-6-11-27(24(35)14-20)43-28-12-13-36-25-16-29(41-4)33(42-5)37-31(25)28/h6-14,16-18H,15H2,1-5H3. The summed E-state index contributed by atoms with van der Waals surface area (Å²) >= 11 is 0. The third kappa shape index (κ3) is 5.81. The zero-order chi connectivity index (χ0) is 30.8. The van der Waals surface area contributed by atoms with Crippen molar-refractivity contribution in [1.29, 1.82) is 0 Å². The van der Waals surface area contributed by atoms with Gasteiger partial charge in [-0.05, 0) is 56.2 Å². The van der Waals surface area contributed by atoms with E-state index in [1.165, 1.54) is 63.0 Å². The normalized spacial score (nSPS) is 11.2. The molecule has 2 aromatic carbocycles. The molecular weight excluding hydrogens is 556 g/mol. The lowest BCUT2D eigenvalue weighted by molar-refractivity contribution is 0.0991. The molecule has 3 aromatic heterocycles. The molecule has 8 nitrogen and oxygen atoms in total. The molecule has 0 bridgehead atoms. The van der Waals surface area contributed by atoms with Gasteiger partial charge in [0.2, 0.25) is 0 Å². The second kappa shape index (κ2) is 12.0. The molecule has 5 rings (SSSR count). The van der Waals surface area contributed by atoms with Gasteiger partial charge in [-0.15, -0.1) is 0 Å². The highest BCUT2D eigenvalue weighted by Crippen LogP contribution is 2.35. The summed E-state index contributed by atoms with van der Waals surface area (Å²) in [6.07, 6.45) is 2.82. The average Bonchev–Trinajstić information content (AvgIpc) is 2.98. The minimum atomic E-state index is -0.703. The van der Waals surface area contributed by atoms with E-state index in [-0.39, 0.29) is 35.4 Å². The van der Waals surface area contributed by atoms with Crippen molar-refractivity contribution >= 4 is 16.8 Å². The topological polar surface area (TPSA) is 92.5 Å². The molecule has 0 spiro atoms. The molecule has 3 heterocycles. The van der Waals surface area contributed by atoms with Crippen LogP contribution in [-0.4, -0.2) is 34.5 Å². The monoisotopic (exact) mass is 585 g/mol. The van der Waals surface area contributed by atoms with Gasteiger partial charge in [0, 0.05) is 48.2 Å². The summed E-state index contributed by atoms with van der Waals surface area (Å²) in [7, 11) is 2.93.